The van der Waals surface area contributed by atoms with Gasteiger partial charge in [0.15, 0.2) is 0 Å². The second kappa shape index (κ2) is 13.6. The van der Waals surface area contributed by atoms with Gasteiger partial charge in [0.25, 0.3) is 0 Å². The van der Waals surface area contributed by atoms with E-state index in [1.54, 1.807) is 15.9 Å². The van der Waals surface area contributed by atoms with Gasteiger partial charge in [-0.25, -0.2) is 0 Å². The van der Waals surface area contributed by atoms with Gasteiger partial charge in [-0.1, -0.05) is 61.7 Å². The van der Waals surface area contributed by atoms with Crippen LogP contribution in [0.1, 0.15) is 65.7 Å². The summed E-state index contributed by atoms with van der Waals surface area (Å²) in [6.45, 7) is 14.5. The van der Waals surface area contributed by atoms with E-state index in [2.05, 4.69) is 36.0 Å². The van der Waals surface area contributed by atoms with Gasteiger partial charge in [0.2, 0.25) is 11.8 Å². The van der Waals surface area contributed by atoms with Crippen LogP contribution < -0.4 is 0 Å². The van der Waals surface area contributed by atoms with Crippen molar-refractivity contribution in [2.24, 2.45) is 17.8 Å². The molecule has 3 saturated heterocycles. The zero-order valence-electron chi connectivity index (χ0n) is 23.1. The van der Waals surface area contributed by atoms with E-state index in [0.717, 1.165) is 32.1 Å². The topological polar surface area (TPSA) is 96.4 Å². The molecule has 1 N–H and O–H groups in total. The molecule has 0 aromatic carbocycles. The van der Waals surface area contributed by atoms with Gasteiger partial charge in [0, 0.05) is 17.9 Å². The van der Waals surface area contributed by atoms with Gasteiger partial charge in [0.05, 0.1) is 37.2 Å². The second-order valence-electron chi connectivity index (χ2n) is 10.9. The Morgan fingerprint density at radius 1 is 1.29 bits per heavy atom. The molecule has 2 amide bonds. The molecule has 0 radical (unpaired) electrons. The minimum atomic E-state index is -1.16. The quantitative estimate of drug-likeness (QED) is 0.126. The fourth-order valence-corrected chi connectivity index (χ4v) is 7.36. The number of fused-ring (bicyclic) bond motifs is 1. The molecule has 0 aromatic rings. The number of hydrogen-bond acceptors (Lipinski definition) is 6. The summed E-state index contributed by atoms with van der Waals surface area (Å²) in [4.78, 5) is 45.1. The Morgan fingerprint density at radius 2 is 2.03 bits per heavy atom. The third-order valence-electron chi connectivity index (χ3n) is 8.57. The summed E-state index contributed by atoms with van der Waals surface area (Å²) in [6.07, 6.45) is 8.26. The predicted molar refractivity (Wildman–Crippen MR) is 150 cm³/mol. The van der Waals surface area contributed by atoms with Gasteiger partial charge < -0.3 is 24.4 Å². The average Bonchev–Trinajstić information content (AvgIpc) is 3.50. The van der Waals surface area contributed by atoms with E-state index < -0.39 is 41.6 Å². The van der Waals surface area contributed by atoms with E-state index in [4.69, 9.17) is 9.47 Å². The van der Waals surface area contributed by atoms with Gasteiger partial charge >= 0.3 is 5.97 Å². The summed E-state index contributed by atoms with van der Waals surface area (Å²) in [5, 5.41) is 10.4. The van der Waals surface area contributed by atoms with Crippen molar-refractivity contribution in [3.8, 4) is 0 Å². The normalized spacial score (nSPS) is 31.1. The smallest absolute Gasteiger partial charge is 0.312 e. The molecule has 3 aliphatic rings. The van der Waals surface area contributed by atoms with Crippen LogP contribution in [-0.2, 0) is 23.9 Å². The van der Waals surface area contributed by atoms with Crippen LogP contribution in [0.3, 0.4) is 0 Å². The standard InChI is InChI=1S/C29H45BrN2O6/c1-6-10-12-13-16-37-28(36)22-23-26(34)32(21(18-33)19(5)9-4)25(29(23)17-20(30)24(22)38-29)27(35)31(14-8-3)15-11-7-2/h6,8,19-25,33H,1,3,7,9-18H2,2,4-5H3/t19-,20?,21-,22+,23-,24+,25?,29?/m0/s1. The van der Waals surface area contributed by atoms with Crippen LogP contribution in [0.15, 0.2) is 25.3 Å². The number of hydrogen-bond donors (Lipinski definition) is 1. The van der Waals surface area contributed by atoms with Crippen molar-refractivity contribution >= 4 is 33.7 Å². The Kier molecular flexibility index (Phi) is 11.0. The number of likely N-dealkylation sites (tertiary alicyclic amines) is 1. The molecule has 3 fully saturated rings. The van der Waals surface area contributed by atoms with E-state index in [1.807, 2.05) is 19.9 Å². The molecule has 9 heteroatoms. The highest BCUT2D eigenvalue weighted by Crippen LogP contribution is 2.61. The number of carbonyl (C=O) groups excluding carboxylic acids is 3. The Labute approximate surface area is 235 Å². The minimum absolute atomic E-state index is 0.0507. The number of ether oxygens (including phenoxy) is 2. The molecule has 1 spiro atoms. The molecule has 3 rings (SSSR count). The molecule has 8 atom stereocenters. The summed E-state index contributed by atoms with van der Waals surface area (Å²) in [7, 11) is 0. The van der Waals surface area contributed by atoms with Crippen LogP contribution in [0.5, 0.6) is 0 Å². The summed E-state index contributed by atoms with van der Waals surface area (Å²) in [6, 6.07) is -1.50. The molecular weight excluding hydrogens is 552 g/mol. The molecule has 0 aliphatic carbocycles. The number of allylic oxidation sites excluding steroid dienone is 1. The monoisotopic (exact) mass is 596 g/mol. The molecule has 3 aliphatic heterocycles. The van der Waals surface area contributed by atoms with E-state index in [0.29, 0.717) is 25.9 Å². The molecule has 0 saturated carbocycles. The SMILES string of the molecule is C=CCCCCOC(=O)[C@H]1[C@@H]2OC3(CC2Br)C(C(=O)N(CC=C)CCCC)N([C@@H](CO)[C@@H](C)CC)C(=O)[C@H]13. The number of unbranched alkanes of at least 4 members (excludes halogenated alkanes) is 3. The highest BCUT2D eigenvalue weighted by molar-refractivity contribution is 9.09. The summed E-state index contributed by atoms with van der Waals surface area (Å²) in [5.41, 5.74) is -1.16. The van der Waals surface area contributed by atoms with Crippen LogP contribution in [0.25, 0.3) is 0 Å². The summed E-state index contributed by atoms with van der Waals surface area (Å²) in [5.74, 6) is -2.65. The lowest BCUT2D eigenvalue weighted by molar-refractivity contribution is -0.157. The van der Waals surface area contributed by atoms with E-state index >= 15 is 0 Å². The maximum absolute atomic E-state index is 14.3. The molecule has 2 bridgehead atoms. The number of alkyl halides is 1. The lowest BCUT2D eigenvalue weighted by Gasteiger charge is -2.41. The van der Waals surface area contributed by atoms with Gasteiger partial charge in [-0.2, -0.15) is 0 Å². The Hall–Kier alpha value is -1.71. The van der Waals surface area contributed by atoms with Gasteiger partial charge in [-0.15, -0.1) is 13.2 Å². The van der Waals surface area contributed by atoms with Crippen LogP contribution in [-0.4, -0.2) is 87.6 Å². The fourth-order valence-electron chi connectivity index (χ4n) is 6.42. The van der Waals surface area contributed by atoms with Crippen molar-refractivity contribution in [1.29, 1.82) is 0 Å². The molecule has 38 heavy (non-hydrogen) atoms. The first-order valence-electron chi connectivity index (χ1n) is 14.2. The number of carbonyl (C=O) groups is 3. The molecule has 3 unspecified atom stereocenters. The molecule has 0 aromatic heterocycles. The molecular formula is C29H45BrN2O6. The number of aliphatic hydroxyl groups is 1. The summed E-state index contributed by atoms with van der Waals surface area (Å²) < 4.78 is 12.2. The predicted octanol–water partition coefficient (Wildman–Crippen LogP) is 3.86. The van der Waals surface area contributed by atoms with Crippen molar-refractivity contribution in [3.05, 3.63) is 25.3 Å². The highest BCUT2D eigenvalue weighted by atomic mass is 79.9. The van der Waals surface area contributed by atoms with Crippen LogP contribution in [0.2, 0.25) is 0 Å². The maximum Gasteiger partial charge on any atom is 0.312 e. The van der Waals surface area contributed by atoms with Crippen molar-refractivity contribution < 1.29 is 29.0 Å². The highest BCUT2D eigenvalue weighted by Gasteiger charge is 2.77. The van der Waals surface area contributed by atoms with E-state index in [-0.39, 0.29) is 35.8 Å². The molecule has 8 nitrogen and oxygen atoms in total. The number of nitrogens with zero attached hydrogens (tertiary/aromatic N) is 2. The van der Waals surface area contributed by atoms with Crippen LogP contribution >= 0.6 is 15.9 Å². The summed E-state index contributed by atoms with van der Waals surface area (Å²) >= 11 is 3.70. The molecule has 3 heterocycles. The number of esters is 1. The van der Waals surface area contributed by atoms with Gasteiger partial charge in [-0.3, -0.25) is 14.4 Å². The third kappa shape index (κ3) is 5.61. The zero-order chi connectivity index (χ0) is 28.0. The van der Waals surface area contributed by atoms with Crippen molar-refractivity contribution in [2.45, 2.75) is 94.3 Å². The minimum Gasteiger partial charge on any atom is -0.465 e. The first-order chi connectivity index (χ1) is 18.2. The Bertz CT molecular complexity index is 883. The van der Waals surface area contributed by atoms with Crippen molar-refractivity contribution in [1.82, 2.24) is 9.80 Å². The van der Waals surface area contributed by atoms with Crippen molar-refractivity contribution in [3.63, 3.8) is 0 Å². The maximum atomic E-state index is 14.3. The zero-order valence-corrected chi connectivity index (χ0v) is 24.7. The molecule has 214 valence electrons. The second-order valence-corrected chi connectivity index (χ2v) is 12.1. The van der Waals surface area contributed by atoms with Crippen LogP contribution in [0, 0.1) is 17.8 Å². The third-order valence-corrected chi connectivity index (χ3v) is 9.41. The largest absolute Gasteiger partial charge is 0.465 e. The van der Waals surface area contributed by atoms with E-state index in [9.17, 15) is 19.5 Å². The first-order valence-corrected chi connectivity index (χ1v) is 15.1. The lowest BCUT2D eigenvalue weighted by Crippen LogP contribution is -2.60. The van der Waals surface area contributed by atoms with Gasteiger partial charge in [0.1, 0.15) is 11.6 Å². The number of rotatable bonds is 16. The fraction of sp³-hybridized carbons (Fsp3) is 0.759. The average molecular weight is 598 g/mol. The Morgan fingerprint density at radius 3 is 2.63 bits per heavy atom. The number of halogens is 1. The van der Waals surface area contributed by atoms with E-state index in [1.165, 1.54) is 0 Å². The Balaban J connectivity index is 2.01. The first kappa shape index (κ1) is 30.8. The lowest BCUT2D eigenvalue weighted by atomic mass is 9.70. The number of amides is 2. The number of aliphatic hydroxyl groups excluding tert-OH is 1. The van der Waals surface area contributed by atoms with Crippen LogP contribution in [0.4, 0.5) is 0 Å². The van der Waals surface area contributed by atoms with Crippen molar-refractivity contribution in [2.75, 3.05) is 26.3 Å². The van der Waals surface area contributed by atoms with Gasteiger partial charge in [-0.05, 0) is 38.0 Å².